The normalized spacial score (nSPS) is 31.8. The predicted molar refractivity (Wildman–Crippen MR) is 90.3 cm³/mol. The molecular formula is C17H35FN4. The van der Waals surface area contributed by atoms with Crippen molar-refractivity contribution in [3.8, 4) is 0 Å². The number of alkyl halides is 1. The van der Waals surface area contributed by atoms with E-state index < -0.39 is 6.17 Å². The quantitative estimate of drug-likeness (QED) is 0.643. The fourth-order valence-corrected chi connectivity index (χ4v) is 3.63. The first-order valence-electron chi connectivity index (χ1n) is 9.21. The van der Waals surface area contributed by atoms with Crippen LogP contribution in [-0.4, -0.2) is 49.7 Å². The molecule has 3 N–H and O–H groups in total. The second-order valence-corrected chi connectivity index (χ2v) is 7.25. The van der Waals surface area contributed by atoms with Gasteiger partial charge in [-0.1, -0.05) is 33.6 Å². The van der Waals surface area contributed by atoms with Gasteiger partial charge in [-0.3, -0.25) is 20.9 Å². The van der Waals surface area contributed by atoms with Gasteiger partial charge in [0.2, 0.25) is 0 Å². The Morgan fingerprint density at radius 3 is 2.59 bits per heavy atom. The monoisotopic (exact) mass is 314 g/mol. The standard InChI is InChI=1S/C17H35FN4/c1-4-5-8-14(13(2)3)11-19-16-15(18)17(21-12-20-16)22-9-6-7-10-22/h13-17,19-21H,4-12H2,1-3H3. The molecule has 2 heterocycles. The van der Waals surface area contributed by atoms with Crippen molar-refractivity contribution in [1.29, 1.82) is 0 Å². The molecule has 0 spiro atoms. The average Bonchev–Trinajstić information content (AvgIpc) is 3.02. The molecule has 0 aromatic heterocycles. The molecule has 0 amide bonds. The molecule has 5 heteroatoms. The summed E-state index contributed by atoms with van der Waals surface area (Å²) in [7, 11) is 0. The lowest BCUT2D eigenvalue weighted by molar-refractivity contribution is 0.0367. The molecule has 2 rings (SSSR count). The van der Waals surface area contributed by atoms with Gasteiger partial charge in [0.25, 0.3) is 0 Å². The van der Waals surface area contributed by atoms with Crippen molar-refractivity contribution in [2.75, 3.05) is 26.3 Å². The molecule has 2 aliphatic rings. The molecule has 0 bridgehead atoms. The van der Waals surface area contributed by atoms with Gasteiger partial charge in [-0.2, -0.15) is 0 Å². The Bertz CT molecular complexity index is 307. The van der Waals surface area contributed by atoms with E-state index in [1.807, 2.05) is 0 Å². The van der Waals surface area contributed by atoms with Crippen molar-refractivity contribution in [3.05, 3.63) is 0 Å². The topological polar surface area (TPSA) is 39.3 Å². The number of likely N-dealkylation sites (tertiary alicyclic amines) is 1. The van der Waals surface area contributed by atoms with Gasteiger partial charge in [0, 0.05) is 6.67 Å². The van der Waals surface area contributed by atoms with Crippen LogP contribution in [0.3, 0.4) is 0 Å². The highest BCUT2D eigenvalue weighted by molar-refractivity contribution is 4.91. The van der Waals surface area contributed by atoms with Crippen LogP contribution in [-0.2, 0) is 0 Å². The smallest absolute Gasteiger partial charge is 0.157 e. The Morgan fingerprint density at radius 2 is 1.95 bits per heavy atom. The van der Waals surface area contributed by atoms with Crippen molar-refractivity contribution in [2.24, 2.45) is 11.8 Å². The minimum atomic E-state index is -0.897. The summed E-state index contributed by atoms with van der Waals surface area (Å²) in [5, 5.41) is 10.00. The summed E-state index contributed by atoms with van der Waals surface area (Å²) in [5.41, 5.74) is 0. The molecule has 4 atom stereocenters. The first-order chi connectivity index (χ1) is 10.6. The van der Waals surface area contributed by atoms with Crippen molar-refractivity contribution in [3.63, 3.8) is 0 Å². The number of nitrogens with zero attached hydrogens (tertiary/aromatic N) is 1. The largest absolute Gasteiger partial charge is 0.299 e. The number of rotatable bonds is 8. The maximum atomic E-state index is 14.8. The maximum absolute atomic E-state index is 14.8. The summed E-state index contributed by atoms with van der Waals surface area (Å²) in [6, 6.07) is 0. The van der Waals surface area contributed by atoms with Crippen LogP contribution in [0.5, 0.6) is 0 Å². The van der Waals surface area contributed by atoms with E-state index in [2.05, 4.69) is 41.6 Å². The molecule has 0 aromatic rings. The van der Waals surface area contributed by atoms with Crippen LogP contribution in [0, 0.1) is 11.8 Å². The Morgan fingerprint density at radius 1 is 1.23 bits per heavy atom. The molecule has 4 unspecified atom stereocenters. The van der Waals surface area contributed by atoms with Crippen LogP contribution < -0.4 is 16.0 Å². The summed E-state index contributed by atoms with van der Waals surface area (Å²) in [6.45, 7) is 10.4. The van der Waals surface area contributed by atoms with Gasteiger partial charge in [-0.05, 0) is 50.7 Å². The molecule has 22 heavy (non-hydrogen) atoms. The van der Waals surface area contributed by atoms with E-state index in [9.17, 15) is 4.39 Å². The number of hydrogen-bond acceptors (Lipinski definition) is 4. The second-order valence-electron chi connectivity index (χ2n) is 7.25. The van der Waals surface area contributed by atoms with E-state index in [4.69, 9.17) is 0 Å². The highest BCUT2D eigenvalue weighted by Crippen LogP contribution is 2.20. The SMILES string of the molecule is CCCCC(CNC1NCNC(N2CCCC2)C1F)C(C)C. The van der Waals surface area contributed by atoms with Gasteiger partial charge < -0.3 is 0 Å². The average molecular weight is 314 g/mol. The Kier molecular flexibility index (Phi) is 7.54. The maximum Gasteiger partial charge on any atom is 0.157 e. The second kappa shape index (κ2) is 9.16. The molecule has 0 aromatic carbocycles. The van der Waals surface area contributed by atoms with Crippen LogP contribution in [0.4, 0.5) is 4.39 Å². The zero-order chi connectivity index (χ0) is 15.9. The van der Waals surface area contributed by atoms with E-state index in [1.54, 1.807) is 0 Å². The fraction of sp³-hybridized carbons (Fsp3) is 1.00. The minimum Gasteiger partial charge on any atom is -0.299 e. The summed E-state index contributed by atoms with van der Waals surface area (Å²) < 4.78 is 14.8. The summed E-state index contributed by atoms with van der Waals surface area (Å²) >= 11 is 0. The van der Waals surface area contributed by atoms with Crippen molar-refractivity contribution in [1.82, 2.24) is 20.9 Å². The summed E-state index contributed by atoms with van der Waals surface area (Å²) in [4.78, 5) is 2.26. The molecule has 2 saturated heterocycles. The van der Waals surface area contributed by atoms with Crippen LogP contribution in [0.2, 0.25) is 0 Å². The molecule has 2 fully saturated rings. The van der Waals surface area contributed by atoms with Crippen molar-refractivity contribution >= 4 is 0 Å². The Labute approximate surface area is 135 Å². The Hall–Kier alpha value is -0.230. The van der Waals surface area contributed by atoms with Crippen molar-refractivity contribution < 1.29 is 4.39 Å². The van der Waals surface area contributed by atoms with Crippen LogP contribution >= 0.6 is 0 Å². The molecular weight excluding hydrogens is 279 g/mol. The lowest BCUT2D eigenvalue weighted by atomic mass is 9.90. The first kappa shape index (κ1) is 18.1. The molecule has 0 saturated carbocycles. The highest BCUT2D eigenvalue weighted by Gasteiger charge is 2.37. The number of nitrogens with one attached hydrogen (secondary N) is 3. The highest BCUT2D eigenvalue weighted by atomic mass is 19.1. The summed E-state index contributed by atoms with van der Waals surface area (Å²) in [5.74, 6) is 1.28. The third-order valence-corrected chi connectivity index (χ3v) is 5.26. The zero-order valence-corrected chi connectivity index (χ0v) is 14.6. The third-order valence-electron chi connectivity index (χ3n) is 5.26. The van der Waals surface area contributed by atoms with Gasteiger partial charge >= 0.3 is 0 Å². The van der Waals surface area contributed by atoms with Gasteiger partial charge in [0.05, 0.1) is 12.3 Å². The first-order valence-corrected chi connectivity index (χ1v) is 9.21. The number of unbranched alkanes of at least 4 members (excludes halogenated alkanes) is 1. The van der Waals surface area contributed by atoms with Gasteiger partial charge in [-0.15, -0.1) is 0 Å². The van der Waals surface area contributed by atoms with E-state index in [1.165, 1.54) is 32.1 Å². The van der Waals surface area contributed by atoms with Crippen LogP contribution in [0.25, 0.3) is 0 Å². The lowest BCUT2D eigenvalue weighted by Crippen LogP contribution is -2.68. The minimum absolute atomic E-state index is 0.130. The third kappa shape index (κ3) is 4.88. The van der Waals surface area contributed by atoms with Crippen LogP contribution in [0.1, 0.15) is 52.9 Å². The molecule has 130 valence electrons. The van der Waals surface area contributed by atoms with Gasteiger partial charge in [-0.25, -0.2) is 4.39 Å². The summed E-state index contributed by atoms with van der Waals surface area (Å²) in [6.07, 6.45) is 4.87. The number of hydrogen-bond donors (Lipinski definition) is 3. The van der Waals surface area contributed by atoms with E-state index in [-0.39, 0.29) is 12.3 Å². The van der Waals surface area contributed by atoms with Crippen LogP contribution in [0.15, 0.2) is 0 Å². The fourth-order valence-electron chi connectivity index (χ4n) is 3.63. The zero-order valence-electron chi connectivity index (χ0n) is 14.6. The Balaban J connectivity index is 1.82. The molecule has 0 aliphatic carbocycles. The molecule has 0 radical (unpaired) electrons. The molecule has 4 nitrogen and oxygen atoms in total. The van der Waals surface area contributed by atoms with Crippen molar-refractivity contribution in [2.45, 2.75) is 71.4 Å². The lowest BCUT2D eigenvalue weighted by Gasteiger charge is -2.40. The van der Waals surface area contributed by atoms with E-state index >= 15 is 0 Å². The van der Waals surface area contributed by atoms with E-state index in [0.29, 0.717) is 18.5 Å². The van der Waals surface area contributed by atoms with Gasteiger partial charge in [0.15, 0.2) is 6.17 Å². The molecule has 2 aliphatic heterocycles. The van der Waals surface area contributed by atoms with E-state index in [0.717, 1.165) is 19.6 Å². The number of halogens is 1. The predicted octanol–water partition coefficient (Wildman–Crippen LogP) is 2.27. The van der Waals surface area contributed by atoms with Gasteiger partial charge in [0.1, 0.15) is 0 Å².